The van der Waals surface area contributed by atoms with Crippen molar-refractivity contribution >= 4 is 0 Å². The van der Waals surface area contributed by atoms with Crippen LogP contribution in [-0.4, -0.2) is 0 Å². The Morgan fingerprint density at radius 1 is 1.00 bits per heavy atom. The Kier molecular flexibility index (Phi) is 6.50. The molecule has 6 atom stereocenters. The number of rotatable bonds is 8. The van der Waals surface area contributed by atoms with Gasteiger partial charge in [0, 0.05) is 0 Å². The van der Waals surface area contributed by atoms with Gasteiger partial charge in [-0.25, -0.2) is 0 Å². The van der Waals surface area contributed by atoms with E-state index in [4.69, 9.17) is 0 Å². The van der Waals surface area contributed by atoms with E-state index in [9.17, 15) is 0 Å². The molecule has 0 saturated heterocycles. The molecule has 0 aromatic heterocycles. The Morgan fingerprint density at radius 3 is 1.88 bits per heavy atom. The molecule has 0 amide bonds. The van der Waals surface area contributed by atoms with Gasteiger partial charge in [0.1, 0.15) is 0 Å². The minimum Gasteiger partial charge on any atom is -0.103 e. The van der Waals surface area contributed by atoms with Crippen molar-refractivity contribution in [2.75, 3.05) is 0 Å². The van der Waals surface area contributed by atoms with E-state index in [1.807, 2.05) is 0 Å². The highest BCUT2D eigenvalue weighted by atomic mass is 14.7. The maximum Gasteiger partial charge on any atom is -0.0133 e. The third-order valence-electron chi connectivity index (χ3n) is 7.89. The van der Waals surface area contributed by atoms with E-state index in [-0.39, 0.29) is 5.41 Å². The summed E-state index contributed by atoms with van der Waals surface area (Å²) in [6, 6.07) is 0. The predicted molar refractivity (Wildman–Crippen MR) is 110 cm³/mol. The molecule has 1 fully saturated rings. The van der Waals surface area contributed by atoms with Crippen LogP contribution in [0.2, 0.25) is 0 Å². The fraction of sp³-hybridized carbons (Fsp3) is 0.917. The van der Waals surface area contributed by atoms with E-state index in [0.717, 1.165) is 29.6 Å². The van der Waals surface area contributed by atoms with Crippen molar-refractivity contribution in [3.05, 3.63) is 12.7 Å². The zero-order chi connectivity index (χ0) is 19.1. The molecule has 0 aromatic carbocycles. The molecular weight excluding hydrogens is 288 g/mol. The van der Waals surface area contributed by atoms with Gasteiger partial charge in [0.05, 0.1) is 0 Å². The van der Waals surface area contributed by atoms with Crippen molar-refractivity contribution in [1.29, 1.82) is 0 Å². The average Bonchev–Trinajstić information content (AvgIpc) is 2.97. The first kappa shape index (κ1) is 21.8. The van der Waals surface area contributed by atoms with Crippen LogP contribution in [0.5, 0.6) is 0 Å². The summed E-state index contributed by atoms with van der Waals surface area (Å²) in [5, 5.41) is 0. The Balaban J connectivity index is 2.92. The van der Waals surface area contributed by atoms with Gasteiger partial charge in [-0.15, -0.1) is 6.58 Å². The van der Waals surface area contributed by atoms with Crippen molar-refractivity contribution in [2.24, 2.45) is 51.8 Å². The largest absolute Gasteiger partial charge is 0.103 e. The number of allylic oxidation sites excluding steroid dienone is 1. The summed E-state index contributed by atoms with van der Waals surface area (Å²) >= 11 is 0. The topological polar surface area (TPSA) is 0 Å². The van der Waals surface area contributed by atoms with Crippen LogP contribution in [0.3, 0.4) is 0 Å². The van der Waals surface area contributed by atoms with Crippen molar-refractivity contribution in [3.8, 4) is 0 Å². The molecule has 1 rings (SSSR count). The first-order valence-electron chi connectivity index (χ1n) is 10.3. The van der Waals surface area contributed by atoms with Crippen molar-refractivity contribution in [1.82, 2.24) is 0 Å². The van der Waals surface area contributed by atoms with Gasteiger partial charge >= 0.3 is 0 Å². The van der Waals surface area contributed by atoms with Crippen LogP contribution < -0.4 is 0 Å². The molecule has 1 saturated carbocycles. The van der Waals surface area contributed by atoms with Gasteiger partial charge in [0.25, 0.3) is 0 Å². The van der Waals surface area contributed by atoms with Crippen LogP contribution in [0.4, 0.5) is 0 Å². The first-order chi connectivity index (χ1) is 10.7. The lowest BCUT2D eigenvalue weighted by molar-refractivity contribution is 0.0894. The third-order valence-corrected chi connectivity index (χ3v) is 7.89. The Labute approximate surface area is 153 Å². The van der Waals surface area contributed by atoms with Crippen LogP contribution in [0.15, 0.2) is 12.7 Å². The van der Waals surface area contributed by atoms with Crippen LogP contribution in [0.1, 0.15) is 89.0 Å². The second kappa shape index (κ2) is 7.16. The lowest BCUT2D eigenvalue weighted by atomic mass is 9.62. The van der Waals surface area contributed by atoms with Crippen LogP contribution in [0.25, 0.3) is 0 Å². The summed E-state index contributed by atoms with van der Waals surface area (Å²) < 4.78 is 0. The summed E-state index contributed by atoms with van der Waals surface area (Å²) in [4.78, 5) is 0. The van der Waals surface area contributed by atoms with Gasteiger partial charge < -0.3 is 0 Å². The van der Waals surface area contributed by atoms with E-state index in [1.54, 1.807) is 0 Å². The molecular formula is C24H46. The van der Waals surface area contributed by atoms with E-state index in [2.05, 4.69) is 88.8 Å². The fourth-order valence-electron chi connectivity index (χ4n) is 6.18. The van der Waals surface area contributed by atoms with Crippen LogP contribution in [-0.2, 0) is 0 Å². The summed E-state index contributed by atoms with van der Waals surface area (Å²) in [5.74, 6) is 4.71. The molecule has 6 unspecified atom stereocenters. The molecule has 1 aliphatic rings. The lowest BCUT2D eigenvalue weighted by Crippen LogP contribution is -2.36. The second-order valence-corrected chi connectivity index (χ2v) is 11.3. The lowest BCUT2D eigenvalue weighted by Gasteiger charge is -2.42. The monoisotopic (exact) mass is 334 g/mol. The molecule has 0 nitrogen and oxygen atoms in total. The van der Waals surface area contributed by atoms with Gasteiger partial charge in [0.2, 0.25) is 0 Å². The Morgan fingerprint density at radius 2 is 1.50 bits per heavy atom. The molecule has 142 valence electrons. The van der Waals surface area contributed by atoms with Gasteiger partial charge in [-0.3, -0.25) is 0 Å². The molecule has 0 N–H and O–H groups in total. The van der Waals surface area contributed by atoms with Crippen LogP contribution in [0, 0.1) is 51.8 Å². The highest BCUT2D eigenvalue weighted by molar-refractivity contribution is 5.15. The van der Waals surface area contributed by atoms with E-state index in [1.165, 1.54) is 12.8 Å². The standard InChI is InChI=1S/C24H46/c1-13-16(3)18(5)17(4)15-19-21(23(19,9)10)24(11,12)20(14-2)22(6,7)8/h14,16-21H,2,13,15H2,1,3-12H3. The summed E-state index contributed by atoms with van der Waals surface area (Å²) in [7, 11) is 0. The minimum atomic E-state index is 0.282. The van der Waals surface area contributed by atoms with E-state index >= 15 is 0 Å². The summed E-state index contributed by atoms with van der Waals surface area (Å²) in [5.41, 5.74) is 1.07. The maximum absolute atomic E-state index is 4.20. The van der Waals surface area contributed by atoms with Gasteiger partial charge in [0.15, 0.2) is 0 Å². The quantitative estimate of drug-likeness (QED) is 0.396. The normalized spacial score (nSPS) is 28.8. The molecule has 1 aliphatic carbocycles. The molecule has 0 heteroatoms. The number of hydrogen-bond acceptors (Lipinski definition) is 0. The molecule has 0 bridgehead atoms. The Hall–Kier alpha value is -0.260. The molecule has 0 spiro atoms. The second-order valence-electron chi connectivity index (χ2n) is 11.3. The molecule has 0 aromatic rings. The maximum atomic E-state index is 4.20. The summed E-state index contributed by atoms with van der Waals surface area (Å²) in [6.45, 7) is 31.1. The minimum absolute atomic E-state index is 0.282. The highest BCUT2D eigenvalue weighted by Gasteiger charge is 2.65. The molecule has 24 heavy (non-hydrogen) atoms. The van der Waals surface area contributed by atoms with Gasteiger partial charge in [-0.05, 0) is 58.2 Å². The number of hydrogen-bond donors (Lipinski definition) is 0. The zero-order valence-electron chi connectivity index (χ0n) is 18.7. The average molecular weight is 335 g/mol. The van der Waals surface area contributed by atoms with Gasteiger partial charge in [-0.1, -0.05) is 88.7 Å². The smallest absolute Gasteiger partial charge is 0.0133 e. The molecule has 0 heterocycles. The van der Waals surface area contributed by atoms with Gasteiger partial charge in [-0.2, -0.15) is 0 Å². The summed E-state index contributed by atoms with van der Waals surface area (Å²) in [6.07, 6.45) is 4.92. The first-order valence-corrected chi connectivity index (χ1v) is 10.3. The molecule has 0 radical (unpaired) electrons. The SMILES string of the molecule is C=CC(C(C)(C)C)C(C)(C)C1C(CC(C)C(C)C(C)CC)C1(C)C. The molecule has 0 aliphatic heterocycles. The van der Waals surface area contributed by atoms with Crippen molar-refractivity contribution in [3.63, 3.8) is 0 Å². The van der Waals surface area contributed by atoms with Crippen LogP contribution >= 0.6 is 0 Å². The van der Waals surface area contributed by atoms with Crippen molar-refractivity contribution < 1.29 is 0 Å². The third kappa shape index (κ3) is 4.10. The van der Waals surface area contributed by atoms with Crippen molar-refractivity contribution in [2.45, 2.75) is 89.0 Å². The predicted octanol–water partition coefficient (Wildman–Crippen LogP) is 7.84. The fourth-order valence-corrected chi connectivity index (χ4v) is 6.18. The zero-order valence-corrected chi connectivity index (χ0v) is 18.7. The highest BCUT2D eigenvalue weighted by Crippen LogP contribution is 2.70. The van der Waals surface area contributed by atoms with E-state index in [0.29, 0.717) is 16.7 Å². The Bertz CT molecular complexity index is 420. The van der Waals surface area contributed by atoms with E-state index < -0.39 is 0 Å².